The third kappa shape index (κ3) is 4.18. The van der Waals surface area contributed by atoms with Gasteiger partial charge in [-0.15, -0.1) is 0 Å². The molecule has 0 atom stereocenters. The number of halogens is 2. The monoisotopic (exact) mass is 394 g/mol. The van der Waals surface area contributed by atoms with Gasteiger partial charge >= 0.3 is 0 Å². The van der Waals surface area contributed by atoms with E-state index in [2.05, 4.69) is 4.98 Å². The SMILES string of the molecule is CCOCCSc1nc2cc(Cl)ccc2c(=O)n1-c1ccc(Cl)cc1. The molecule has 0 aliphatic rings. The Morgan fingerprint density at radius 1 is 1.12 bits per heavy atom. The van der Waals surface area contributed by atoms with Crippen LogP contribution in [0.4, 0.5) is 0 Å². The van der Waals surface area contributed by atoms with Crippen molar-refractivity contribution in [2.75, 3.05) is 19.0 Å². The van der Waals surface area contributed by atoms with Gasteiger partial charge in [0.1, 0.15) is 0 Å². The van der Waals surface area contributed by atoms with Crippen molar-refractivity contribution in [2.24, 2.45) is 0 Å². The number of rotatable bonds is 6. The second kappa shape index (κ2) is 8.23. The van der Waals surface area contributed by atoms with Crippen LogP contribution in [0.5, 0.6) is 0 Å². The van der Waals surface area contributed by atoms with Crippen molar-refractivity contribution in [3.8, 4) is 5.69 Å². The molecule has 0 amide bonds. The van der Waals surface area contributed by atoms with E-state index >= 15 is 0 Å². The topological polar surface area (TPSA) is 44.1 Å². The van der Waals surface area contributed by atoms with Crippen LogP contribution in [0, 0.1) is 0 Å². The van der Waals surface area contributed by atoms with E-state index in [4.69, 9.17) is 27.9 Å². The average molecular weight is 395 g/mol. The lowest BCUT2D eigenvalue weighted by atomic mass is 10.2. The van der Waals surface area contributed by atoms with Crippen LogP contribution >= 0.6 is 35.0 Å². The maximum atomic E-state index is 13.0. The number of benzene rings is 2. The number of aromatic nitrogens is 2. The van der Waals surface area contributed by atoms with Crippen LogP contribution in [0.15, 0.2) is 52.4 Å². The quantitative estimate of drug-likeness (QED) is 0.341. The molecule has 3 aromatic rings. The van der Waals surface area contributed by atoms with Gasteiger partial charge < -0.3 is 4.74 Å². The van der Waals surface area contributed by atoms with E-state index < -0.39 is 0 Å². The van der Waals surface area contributed by atoms with Crippen molar-refractivity contribution in [3.63, 3.8) is 0 Å². The van der Waals surface area contributed by atoms with Crippen LogP contribution in [0.3, 0.4) is 0 Å². The molecule has 1 aromatic heterocycles. The van der Waals surface area contributed by atoms with Gasteiger partial charge in [-0.25, -0.2) is 4.98 Å². The van der Waals surface area contributed by atoms with E-state index in [1.165, 1.54) is 11.8 Å². The highest BCUT2D eigenvalue weighted by molar-refractivity contribution is 7.99. The summed E-state index contributed by atoms with van der Waals surface area (Å²) in [6.07, 6.45) is 0. The molecule has 0 N–H and O–H groups in total. The Morgan fingerprint density at radius 3 is 2.56 bits per heavy atom. The minimum atomic E-state index is -0.136. The Bertz CT molecular complexity index is 942. The Morgan fingerprint density at radius 2 is 1.84 bits per heavy atom. The van der Waals surface area contributed by atoms with Crippen LogP contribution in [0.25, 0.3) is 16.6 Å². The standard InChI is InChI=1S/C18H16Cl2N2O2S/c1-2-24-9-10-25-18-21-16-11-13(20)5-8-15(16)17(23)22(18)14-6-3-12(19)4-7-14/h3-8,11H,2,9-10H2,1H3. The van der Waals surface area contributed by atoms with E-state index in [1.54, 1.807) is 47.0 Å². The summed E-state index contributed by atoms with van der Waals surface area (Å²) in [5.41, 5.74) is 1.17. The summed E-state index contributed by atoms with van der Waals surface area (Å²) in [4.78, 5) is 17.7. The van der Waals surface area contributed by atoms with Crippen molar-refractivity contribution < 1.29 is 4.74 Å². The molecular formula is C18H16Cl2N2O2S. The summed E-state index contributed by atoms with van der Waals surface area (Å²) in [6.45, 7) is 3.20. The molecule has 0 fully saturated rings. The third-order valence-corrected chi connectivity index (χ3v) is 4.94. The molecule has 0 saturated heterocycles. The smallest absolute Gasteiger partial charge is 0.266 e. The van der Waals surface area contributed by atoms with Crippen LogP contribution in [-0.4, -0.2) is 28.5 Å². The van der Waals surface area contributed by atoms with Gasteiger partial charge in [0.2, 0.25) is 0 Å². The Balaban J connectivity index is 2.13. The Kier molecular flexibility index (Phi) is 6.02. The number of thioether (sulfide) groups is 1. The van der Waals surface area contributed by atoms with E-state index in [0.717, 1.165) is 5.69 Å². The zero-order valence-corrected chi connectivity index (χ0v) is 15.9. The molecule has 130 valence electrons. The zero-order chi connectivity index (χ0) is 17.8. The maximum Gasteiger partial charge on any atom is 0.266 e. The highest BCUT2D eigenvalue weighted by Crippen LogP contribution is 2.23. The molecule has 2 aromatic carbocycles. The number of ether oxygens (including phenoxy) is 1. The highest BCUT2D eigenvalue weighted by Gasteiger charge is 2.13. The van der Waals surface area contributed by atoms with Crippen molar-refractivity contribution in [1.29, 1.82) is 0 Å². The Labute approximate surface area is 159 Å². The predicted octanol–water partition coefficient (Wildman–Crippen LogP) is 4.82. The molecule has 0 aliphatic heterocycles. The molecule has 7 heteroatoms. The van der Waals surface area contributed by atoms with Gasteiger partial charge in [0.25, 0.3) is 5.56 Å². The lowest BCUT2D eigenvalue weighted by Gasteiger charge is -2.13. The fraction of sp³-hybridized carbons (Fsp3) is 0.222. The average Bonchev–Trinajstić information content (AvgIpc) is 2.60. The van der Waals surface area contributed by atoms with E-state index in [1.807, 2.05) is 6.92 Å². The first-order chi connectivity index (χ1) is 12.1. The minimum Gasteiger partial charge on any atom is -0.381 e. The summed E-state index contributed by atoms with van der Waals surface area (Å²) in [6, 6.07) is 12.2. The molecule has 0 radical (unpaired) electrons. The molecule has 0 saturated carbocycles. The lowest BCUT2D eigenvalue weighted by Crippen LogP contribution is -2.22. The molecule has 4 nitrogen and oxygen atoms in total. The summed E-state index contributed by atoms with van der Waals surface area (Å²) >= 11 is 13.5. The molecule has 0 bridgehead atoms. The summed E-state index contributed by atoms with van der Waals surface area (Å²) in [5.74, 6) is 0.694. The van der Waals surface area contributed by atoms with Gasteiger partial charge in [-0.1, -0.05) is 35.0 Å². The van der Waals surface area contributed by atoms with E-state index in [-0.39, 0.29) is 5.56 Å². The molecule has 0 spiro atoms. The van der Waals surface area contributed by atoms with Crippen molar-refractivity contribution >= 4 is 45.9 Å². The van der Waals surface area contributed by atoms with Gasteiger partial charge in [0.05, 0.1) is 23.2 Å². The molecule has 25 heavy (non-hydrogen) atoms. The largest absolute Gasteiger partial charge is 0.381 e. The van der Waals surface area contributed by atoms with Crippen LogP contribution in [-0.2, 0) is 4.74 Å². The van der Waals surface area contributed by atoms with Gasteiger partial charge in [-0.3, -0.25) is 9.36 Å². The lowest BCUT2D eigenvalue weighted by molar-refractivity contribution is 0.164. The third-order valence-electron chi connectivity index (χ3n) is 3.55. The normalized spacial score (nSPS) is 11.2. The fourth-order valence-electron chi connectivity index (χ4n) is 2.39. The summed E-state index contributed by atoms with van der Waals surface area (Å²) < 4.78 is 6.98. The predicted molar refractivity (Wildman–Crippen MR) is 105 cm³/mol. The fourth-order valence-corrected chi connectivity index (χ4v) is 3.55. The second-order valence-corrected chi connectivity index (χ2v) is 7.15. The number of hydrogen-bond donors (Lipinski definition) is 0. The summed E-state index contributed by atoms with van der Waals surface area (Å²) in [7, 11) is 0. The maximum absolute atomic E-state index is 13.0. The van der Waals surface area contributed by atoms with Crippen molar-refractivity contribution in [2.45, 2.75) is 12.1 Å². The molecule has 0 aliphatic carbocycles. The first-order valence-corrected chi connectivity index (χ1v) is 9.53. The van der Waals surface area contributed by atoms with Crippen molar-refractivity contribution in [1.82, 2.24) is 9.55 Å². The van der Waals surface area contributed by atoms with Crippen molar-refractivity contribution in [3.05, 3.63) is 62.9 Å². The summed E-state index contributed by atoms with van der Waals surface area (Å²) in [5, 5.41) is 2.28. The van der Waals surface area contributed by atoms with Gasteiger partial charge in [0, 0.05) is 22.4 Å². The zero-order valence-electron chi connectivity index (χ0n) is 13.5. The Hall–Kier alpha value is -1.53. The van der Waals surface area contributed by atoms with E-state index in [9.17, 15) is 4.79 Å². The van der Waals surface area contributed by atoms with E-state index in [0.29, 0.717) is 45.1 Å². The molecule has 0 unspecified atom stereocenters. The van der Waals surface area contributed by atoms with Crippen LogP contribution in [0.1, 0.15) is 6.92 Å². The molecule has 3 rings (SSSR count). The number of hydrogen-bond acceptors (Lipinski definition) is 4. The van der Waals surface area contributed by atoms with Crippen LogP contribution < -0.4 is 5.56 Å². The van der Waals surface area contributed by atoms with Gasteiger partial charge in [0.15, 0.2) is 5.16 Å². The molecular weight excluding hydrogens is 379 g/mol. The highest BCUT2D eigenvalue weighted by atomic mass is 35.5. The second-order valence-electron chi connectivity index (χ2n) is 5.22. The van der Waals surface area contributed by atoms with Gasteiger partial charge in [-0.2, -0.15) is 0 Å². The molecule has 1 heterocycles. The van der Waals surface area contributed by atoms with Crippen LogP contribution in [0.2, 0.25) is 10.0 Å². The first-order valence-electron chi connectivity index (χ1n) is 7.79. The number of nitrogens with zero attached hydrogens (tertiary/aromatic N) is 2. The minimum absolute atomic E-state index is 0.136. The van der Waals surface area contributed by atoms with Gasteiger partial charge in [-0.05, 0) is 49.4 Å². The number of fused-ring (bicyclic) bond motifs is 1. The first kappa shape index (κ1) is 18.3.